The van der Waals surface area contributed by atoms with Crippen molar-refractivity contribution in [2.45, 2.75) is 38.2 Å². The van der Waals surface area contributed by atoms with Gasteiger partial charge in [0.05, 0.1) is 18.8 Å². The van der Waals surface area contributed by atoms with Gasteiger partial charge in [0, 0.05) is 44.2 Å². The molecule has 0 spiro atoms. The Balaban J connectivity index is 1.60. The minimum Gasteiger partial charge on any atom is -0.378 e. The fraction of sp³-hybridized carbons (Fsp3) is 0.619. The van der Waals surface area contributed by atoms with Gasteiger partial charge in [-0.3, -0.25) is 9.59 Å². The van der Waals surface area contributed by atoms with Gasteiger partial charge in [-0.15, -0.1) is 0 Å². The zero-order valence-electron chi connectivity index (χ0n) is 16.5. The summed E-state index contributed by atoms with van der Waals surface area (Å²) in [6, 6.07) is 5.64. The van der Waals surface area contributed by atoms with Crippen LogP contribution in [0.25, 0.3) is 0 Å². The van der Waals surface area contributed by atoms with Crippen molar-refractivity contribution in [3.8, 4) is 0 Å². The van der Waals surface area contributed by atoms with Crippen LogP contribution in [-0.4, -0.2) is 68.3 Å². The van der Waals surface area contributed by atoms with Gasteiger partial charge in [0.2, 0.25) is 0 Å². The zero-order valence-corrected chi connectivity index (χ0v) is 16.5. The first-order valence-corrected chi connectivity index (χ1v) is 10.3. The number of carbonyl (C=O) groups excluding carboxylic acids is 2. The van der Waals surface area contributed by atoms with Crippen molar-refractivity contribution in [1.82, 2.24) is 4.90 Å². The summed E-state index contributed by atoms with van der Waals surface area (Å²) in [5.74, 6) is -0.109. The molecular weight excluding hydrogens is 358 g/mol. The van der Waals surface area contributed by atoms with Gasteiger partial charge in [0.1, 0.15) is 5.60 Å². The van der Waals surface area contributed by atoms with Crippen molar-refractivity contribution in [1.29, 1.82) is 0 Å². The first-order chi connectivity index (χ1) is 13.6. The number of nitrogens with zero attached hydrogens (tertiary/aromatic N) is 2. The molecule has 4 rings (SSSR count). The monoisotopic (exact) mass is 387 g/mol. The molecule has 0 aliphatic carbocycles. The normalized spacial score (nSPS) is 25.2. The number of amides is 2. The van der Waals surface area contributed by atoms with Gasteiger partial charge in [0.15, 0.2) is 0 Å². The molecule has 1 aromatic carbocycles. The molecule has 7 heteroatoms. The van der Waals surface area contributed by atoms with E-state index in [9.17, 15) is 9.59 Å². The Morgan fingerprint density at radius 3 is 2.46 bits per heavy atom. The number of rotatable bonds is 4. The summed E-state index contributed by atoms with van der Waals surface area (Å²) >= 11 is 0. The molecule has 0 bridgehead atoms. The number of anilines is 2. The summed E-state index contributed by atoms with van der Waals surface area (Å²) < 4.78 is 11.1. The molecule has 0 aromatic heterocycles. The van der Waals surface area contributed by atoms with Gasteiger partial charge >= 0.3 is 0 Å². The van der Waals surface area contributed by atoms with E-state index in [1.807, 2.05) is 30.0 Å². The van der Waals surface area contributed by atoms with Crippen LogP contribution in [0.2, 0.25) is 0 Å². The molecule has 3 aliphatic rings. The van der Waals surface area contributed by atoms with Crippen molar-refractivity contribution >= 4 is 23.2 Å². The highest BCUT2D eigenvalue weighted by molar-refractivity contribution is 6.03. The maximum Gasteiger partial charge on any atom is 0.256 e. The number of hydrogen-bond acceptors (Lipinski definition) is 5. The van der Waals surface area contributed by atoms with Gasteiger partial charge in [-0.05, 0) is 50.8 Å². The highest BCUT2D eigenvalue weighted by Crippen LogP contribution is 2.30. The molecule has 1 atom stereocenters. The van der Waals surface area contributed by atoms with Gasteiger partial charge in [-0.2, -0.15) is 0 Å². The second-order valence-electron chi connectivity index (χ2n) is 7.97. The molecule has 28 heavy (non-hydrogen) atoms. The third-order valence-electron chi connectivity index (χ3n) is 5.93. The smallest absolute Gasteiger partial charge is 0.256 e. The molecule has 3 fully saturated rings. The quantitative estimate of drug-likeness (QED) is 0.858. The SMILES string of the molecule is CC1(C(=O)Nc2ccc(N3CCOCC3)c(C(=O)N3CCCC3)c2)CCCO1. The molecule has 0 saturated carbocycles. The molecule has 2 amide bonds. The van der Waals surface area contributed by atoms with E-state index in [0.717, 1.165) is 51.1 Å². The fourth-order valence-corrected chi connectivity index (χ4v) is 4.18. The van der Waals surface area contributed by atoms with E-state index in [4.69, 9.17) is 9.47 Å². The lowest BCUT2D eigenvalue weighted by Gasteiger charge is -2.31. The zero-order chi connectivity index (χ0) is 19.6. The number of nitrogens with one attached hydrogen (secondary N) is 1. The average molecular weight is 387 g/mol. The fourth-order valence-electron chi connectivity index (χ4n) is 4.18. The van der Waals surface area contributed by atoms with Gasteiger partial charge in [-0.1, -0.05) is 0 Å². The predicted octanol–water partition coefficient (Wildman–Crippen LogP) is 2.27. The summed E-state index contributed by atoms with van der Waals surface area (Å²) in [5.41, 5.74) is 1.42. The van der Waals surface area contributed by atoms with E-state index in [0.29, 0.717) is 37.5 Å². The van der Waals surface area contributed by atoms with E-state index >= 15 is 0 Å². The molecule has 1 N–H and O–H groups in total. The predicted molar refractivity (Wildman–Crippen MR) is 107 cm³/mol. The van der Waals surface area contributed by atoms with Crippen LogP contribution in [-0.2, 0) is 14.3 Å². The molecule has 1 unspecified atom stereocenters. The number of ether oxygens (including phenoxy) is 2. The summed E-state index contributed by atoms with van der Waals surface area (Å²) in [6.45, 7) is 6.87. The van der Waals surface area contributed by atoms with Crippen LogP contribution < -0.4 is 10.2 Å². The van der Waals surface area contributed by atoms with Crippen molar-refractivity contribution in [2.75, 3.05) is 56.2 Å². The highest BCUT2D eigenvalue weighted by atomic mass is 16.5. The largest absolute Gasteiger partial charge is 0.378 e. The number of hydrogen-bond donors (Lipinski definition) is 1. The lowest BCUT2D eigenvalue weighted by atomic mass is 10.0. The van der Waals surface area contributed by atoms with Crippen LogP contribution in [0.3, 0.4) is 0 Å². The Kier molecular flexibility index (Phi) is 5.55. The Hall–Kier alpha value is -2.12. The molecular formula is C21H29N3O4. The lowest BCUT2D eigenvalue weighted by Crippen LogP contribution is -2.40. The van der Waals surface area contributed by atoms with Gasteiger partial charge in [0.25, 0.3) is 11.8 Å². The van der Waals surface area contributed by atoms with Crippen LogP contribution in [0.4, 0.5) is 11.4 Å². The van der Waals surface area contributed by atoms with Crippen molar-refractivity contribution < 1.29 is 19.1 Å². The number of carbonyl (C=O) groups is 2. The number of morpholine rings is 1. The molecule has 152 valence electrons. The van der Waals surface area contributed by atoms with Crippen LogP contribution in [0.15, 0.2) is 18.2 Å². The van der Waals surface area contributed by atoms with Crippen molar-refractivity contribution in [2.24, 2.45) is 0 Å². The number of benzene rings is 1. The van der Waals surface area contributed by atoms with Gasteiger partial charge < -0.3 is 24.6 Å². The highest BCUT2D eigenvalue weighted by Gasteiger charge is 2.38. The van der Waals surface area contributed by atoms with Crippen LogP contribution in [0.5, 0.6) is 0 Å². The first-order valence-electron chi connectivity index (χ1n) is 10.3. The topological polar surface area (TPSA) is 71.1 Å². The second-order valence-corrected chi connectivity index (χ2v) is 7.97. The Morgan fingerprint density at radius 1 is 1.04 bits per heavy atom. The average Bonchev–Trinajstić information content (AvgIpc) is 3.41. The molecule has 0 radical (unpaired) electrons. The third kappa shape index (κ3) is 3.86. The molecule has 7 nitrogen and oxygen atoms in total. The third-order valence-corrected chi connectivity index (χ3v) is 5.93. The lowest BCUT2D eigenvalue weighted by molar-refractivity contribution is -0.133. The maximum absolute atomic E-state index is 13.2. The van der Waals surface area contributed by atoms with Crippen LogP contribution in [0.1, 0.15) is 43.0 Å². The van der Waals surface area contributed by atoms with E-state index in [2.05, 4.69) is 10.2 Å². The van der Waals surface area contributed by atoms with Crippen LogP contribution >= 0.6 is 0 Å². The second kappa shape index (κ2) is 8.09. The molecule has 3 saturated heterocycles. The summed E-state index contributed by atoms with van der Waals surface area (Å²) in [6.07, 6.45) is 3.69. The van der Waals surface area contributed by atoms with E-state index in [1.54, 1.807) is 0 Å². The molecule has 3 heterocycles. The Morgan fingerprint density at radius 2 is 1.79 bits per heavy atom. The van der Waals surface area contributed by atoms with Crippen molar-refractivity contribution in [3.63, 3.8) is 0 Å². The summed E-state index contributed by atoms with van der Waals surface area (Å²) in [5, 5.41) is 2.96. The maximum atomic E-state index is 13.2. The van der Waals surface area contributed by atoms with Crippen LogP contribution in [0, 0.1) is 0 Å². The summed E-state index contributed by atoms with van der Waals surface area (Å²) in [7, 11) is 0. The van der Waals surface area contributed by atoms with E-state index in [-0.39, 0.29) is 11.8 Å². The Labute approximate surface area is 166 Å². The minimum atomic E-state index is -0.790. The van der Waals surface area contributed by atoms with E-state index in [1.165, 1.54) is 0 Å². The van der Waals surface area contributed by atoms with Gasteiger partial charge in [-0.25, -0.2) is 0 Å². The minimum absolute atomic E-state index is 0.0402. The van der Waals surface area contributed by atoms with Crippen molar-refractivity contribution in [3.05, 3.63) is 23.8 Å². The Bertz CT molecular complexity index is 733. The number of likely N-dealkylation sites (tertiary alicyclic amines) is 1. The molecule has 1 aromatic rings. The first kappa shape index (κ1) is 19.2. The van der Waals surface area contributed by atoms with E-state index < -0.39 is 5.60 Å². The standard InChI is InChI=1S/C21H29N3O4/c1-21(7-4-12-28-21)20(26)22-16-5-6-18(23-10-13-27-14-11-23)17(15-16)19(25)24-8-2-3-9-24/h5-6,15H,2-4,7-14H2,1H3,(H,22,26). The molecule has 3 aliphatic heterocycles. The summed E-state index contributed by atoms with van der Waals surface area (Å²) in [4.78, 5) is 30.0.